The van der Waals surface area contributed by atoms with E-state index in [1.807, 2.05) is 36.4 Å². The second-order valence-corrected chi connectivity index (χ2v) is 5.77. The molecule has 0 fully saturated rings. The number of fused-ring (bicyclic) bond motifs is 1. The number of rotatable bonds is 5. The molecule has 1 unspecified atom stereocenters. The van der Waals surface area contributed by atoms with E-state index >= 15 is 0 Å². The summed E-state index contributed by atoms with van der Waals surface area (Å²) in [4.78, 5) is 16.4. The van der Waals surface area contributed by atoms with Gasteiger partial charge in [-0.15, -0.1) is 0 Å². The van der Waals surface area contributed by atoms with Crippen molar-refractivity contribution < 1.29 is 10.0 Å². The maximum Gasteiger partial charge on any atom is 0.261 e. The number of aromatic nitrogens is 1. The molecule has 3 rings (SSSR count). The maximum atomic E-state index is 12.3. The fraction of sp³-hybridized carbons (Fsp3) is 0.211. The summed E-state index contributed by atoms with van der Waals surface area (Å²) in [5.41, 5.74) is 2.14. The highest BCUT2D eigenvalue weighted by Crippen LogP contribution is 2.23. The number of benzene rings is 2. The molecule has 1 atom stereocenters. The van der Waals surface area contributed by atoms with Gasteiger partial charge in [0.15, 0.2) is 0 Å². The average Bonchev–Trinajstić information content (AvgIpc) is 2.58. The quantitative estimate of drug-likeness (QED) is 0.673. The molecule has 2 aromatic carbocycles. The number of hydrogen-bond donors (Lipinski definition) is 3. The van der Waals surface area contributed by atoms with Crippen molar-refractivity contribution in [3.63, 3.8) is 0 Å². The van der Waals surface area contributed by atoms with Crippen molar-refractivity contribution in [2.45, 2.75) is 20.0 Å². The van der Waals surface area contributed by atoms with Crippen LogP contribution in [0.2, 0.25) is 0 Å². The molecule has 0 saturated heterocycles. The molecule has 118 valence electrons. The van der Waals surface area contributed by atoms with Gasteiger partial charge in [-0.3, -0.25) is 4.79 Å². The van der Waals surface area contributed by atoms with Crippen LogP contribution in [0.4, 0.5) is 0 Å². The fourth-order valence-electron chi connectivity index (χ4n) is 2.88. The summed E-state index contributed by atoms with van der Waals surface area (Å²) in [5.74, 6) is 0.100. The lowest BCUT2D eigenvalue weighted by Crippen LogP contribution is -3.09. The molecule has 0 radical (unpaired) electrons. The lowest BCUT2D eigenvalue weighted by Gasteiger charge is -2.18. The van der Waals surface area contributed by atoms with Crippen molar-refractivity contribution in [1.29, 1.82) is 0 Å². The van der Waals surface area contributed by atoms with E-state index in [9.17, 15) is 9.90 Å². The number of quaternary nitrogens is 1. The third-order valence-electron chi connectivity index (χ3n) is 4.21. The van der Waals surface area contributed by atoms with Gasteiger partial charge in [-0.2, -0.15) is 0 Å². The summed E-state index contributed by atoms with van der Waals surface area (Å²) in [6.45, 7) is 4.28. The molecule has 0 aliphatic heterocycles. The number of hydrogen-bond acceptors (Lipinski definition) is 2. The Morgan fingerprint density at radius 3 is 2.43 bits per heavy atom. The number of para-hydroxylation sites is 1. The molecule has 3 N–H and O–H groups in total. The average molecular weight is 309 g/mol. The van der Waals surface area contributed by atoms with Crippen LogP contribution in [0.5, 0.6) is 5.75 Å². The van der Waals surface area contributed by atoms with Crippen LogP contribution in [-0.2, 0) is 13.1 Å². The van der Waals surface area contributed by atoms with E-state index in [0.717, 1.165) is 13.1 Å². The first-order valence-electron chi connectivity index (χ1n) is 7.89. The molecule has 0 bridgehead atoms. The zero-order chi connectivity index (χ0) is 16.2. The second kappa shape index (κ2) is 6.67. The van der Waals surface area contributed by atoms with E-state index in [4.69, 9.17) is 0 Å². The number of aromatic hydroxyl groups is 1. The van der Waals surface area contributed by atoms with E-state index in [1.165, 1.54) is 10.5 Å². The molecule has 1 heterocycles. The van der Waals surface area contributed by atoms with Gasteiger partial charge >= 0.3 is 0 Å². The molecular formula is C19H21N2O2+. The van der Waals surface area contributed by atoms with Gasteiger partial charge < -0.3 is 15.0 Å². The summed E-state index contributed by atoms with van der Waals surface area (Å²) in [5, 5.41) is 11.2. The molecule has 23 heavy (non-hydrogen) atoms. The summed E-state index contributed by atoms with van der Waals surface area (Å²) >= 11 is 0. The van der Waals surface area contributed by atoms with Crippen LogP contribution in [0.15, 0.2) is 59.4 Å². The van der Waals surface area contributed by atoms with Crippen LogP contribution in [0, 0.1) is 0 Å². The molecule has 0 spiro atoms. The van der Waals surface area contributed by atoms with Gasteiger partial charge in [-0.25, -0.2) is 0 Å². The summed E-state index contributed by atoms with van der Waals surface area (Å²) in [7, 11) is 0. The first kappa shape index (κ1) is 15.3. The minimum atomic E-state index is -0.208. The van der Waals surface area contributed by atoms with Crippen molar-refractivity contribution >= 4 is 10.9 Å². The maximum absolute atomic E-state index is 12.3. The molecule has 0 aliphatic rings. The van der Waals surface area contributed by atoms with Crippen LogP contribution in [-0.4, -0.2) is 16.6 Å². The number of H-pyrrole nitrogens is 1. The van der Waals surface area contributed by atoms with E-state index in [-0.39, 0.29) is 11.3 Å². The van der Waals surface area contributed by atoms with Crippen LogP contribution in [0.25, 0.3) is 10.9 Å². The van der Waals surface area contributed by atoms with Gasteiger partial charge in [-0.05, 0) is 19.1 Å². The Morgan fingerprint density at radius 2 is 1.70 bits per heavy atom. The van der Waals surface area contributed by atoms with E-state index < -0.39 is 0 Å². The Balaban J connectivity index is 1.92. The van der Waals surface area contributed by atoms with Gasteiger partial charge in [0.2, 0.25) is 0 Å². The number of pyridine rings is 1. The van der Waals surface area contributed by atoms with Crippen LogP contribution < -0.4 is 10.5 Å². The largest absolute Gasteiger partial charge is 0.507 e. The van der Waals surface area contributed by atoms with Crippen molar-refractivity contribution in [1.82, 2.24) is 4.98 Å². The van der Waals surface area contributed by atoms with E-state index in [0.29, 0.717) is 23.0 Å². The lowest BCUT2D eigenvalue weighted by molar-refractivity contribution is -0.925. The second-order valence-electron chi connectivity index (χ2n) is 5.77. The Kier molecular flexibility index (Phi) is 4.44. The smallest absolute Gasteiger partial charge is 0.261 e. The van der Waals surface area contributed by atoms with Gasteiger partial charge in [0, 0.05) is 10.9 Å². The SMILES string of the molecule is CC[NH+](Cc1ccccc1)Cc1c(O)c2ccccc2[nH]c1=O. The zero-order valence-electron chi connectivity index (χ0n) is 13.2. The van der Waals surface area contributed by atoms with Crippen molar-refractivity contribution in [2.24, 2.45) is 0 Å². The summed E-state index contributed by atoms with van der Waals surface area (Å²) < 4.78 is 0. The van der Waals surface area contributed by atoms with Crippen molar-refractivity contribution in [2.75, 3.05) is 6.54 Å². The molecule has 0 aliphatic carbocycles. The standard InChI is InChI=1S/C19H20N2O2/c1-2-21(12-14-8-4-3-5-9-14)13-16-18(22)15-10-6-7-11-17(15)20-19(16)23/h3-11H,2,12-13H2,1H3,(H2,20,22,23)/p+1. The first-order chi connectivity index (χ1) is 11.2. The van der Waals surface area contributed by atoms with E-state index in [2.05, 4.69) is 24.0 Å². The van der Waals surface area contributed by atoms with Crippen LogP contribution >= 0.6 is 0 Å². The van der Waals surface area contributed by atoms with Crippen molar-refractivity contribution in [3.8, 4) is 5.75 Å². The third-order valence-corrected chi connectivity index (χ3v) is 4.21. The minimum absolute atomic E-state index is 0.100. The van der Waals surface area contributed by atoms with Gasteiger partial charge in [0.05, 0.1) is 12.1 Å². The summed E-state index contributed by atoms with van der Waals surface area (Å²) in [6, 6.07) is 17.5. The molecular weight excluding hydrogens is 288 g/mol. The highest BCUT2D eigenvalue weighted by molar-refractivity contribution is 5.85. The Hall–Kier alpha value is -2.59. The molecule has 0 amide bonds. The first-order valence-corrected chi connectivity index (χ1v) is 7.89. The van der Waals surface area contributed by atoms with E-state index in [1.54, 1.807) is 6.07 Å². The van der Waals surface area contributed by atoms with Gasteiger partial charge in [0.1, 0.15) is 24.4 Å². The van der Waals surface area contributed by atoms with Gasteiger partial charge in [-0.1, -0.05) is 42.5 Å². The zero-order valence-corrected chi connectivity index (χ0v) is 13.2. The lowest BCUT2D eigenvalue weighted by atomic mass is 10.1. The molecule has 4 nitrogen and oxygen atoms in total. The Morgan fingerprint density at radius 1 is 1.00 bits per heavy atom. The monoisotopic (exact) mass is 309 g/mol. The predicted molar refractivity (Wildman–Crippen MR) is 91.6 cm³/mol. The van der Waals surface area contributed by atoms with Crippen LogP contribution in [0.3, 0.4) is 0 Å². The topological polar surface area (TPSA) is 57.5 Å². The normalized spacial score (nSPS) is 12.4. The highest BCUT2D eigenvalue weighted by Gasteiger charge is 2.17. The highest BCUT2D eigenvalue weighted by atomic mass is 16.3. The fourth-order valence-corrected chi connectivity index (χ4v) is 2.88. The Bertz CT molecular complexity index is 856. The van der Waals surface area contributed by atoms with Crippen molar-refractivity contribution in [3.05, 3.63) is 76.1 Å². The Labute approximate surface area is 135 Å². The number of nitrogens with one attached hydrogen (secondary N) is 2. The molecule has 4 heteroatoms. The third kappa shape index (κ3) is 3.27. The molecule has 1 aromatic heterocycles. The van der Waals surface area contributed by atoms with Gasteiger partial charge in [0.25, 0.3) is 5.56 Å². The summed E-state index contributed by atoms with van der Waals surface area (Å²) in [6.07, 6.45) is 0. The number of aromatic amines is 1. The predicted octanol–water partition coefficient (Wildman–Crippen LogP) is 1.84. The molecule has 3 aromatic rings. The van der Waals surface area contributed by atoms with Crippen LogP contribution in [0.1, 0.15) is 18.1 Å². The molecule has 0 saturated carbocycles. The minimum Gasteiger partial charge on any atom is -0.507 e.